The van der Waals surface area contributed by atoms with E-state index in [0.29, 0.717) is 5.56 Å². The van der Waals surface area contributed by atoms with Crippen molar-refractivity contribution < 1.29 is 8.91 Å². The van der Waals surface area contributed by atoms with Crippen molar-refractivity contribution in [3.63, 3.8) is 0 Å². The molecule has 0 saturated heterocycles. The van der Waals surface area contributed by atoms with Crippen molar-refractivity contribution in [2.45, 2.75) is 33.7 Å². The first kappa shape index (κ1) is 7.91. The Morgan fingerprint density at radius 1 is 1.33 bits per heavy atom. The maximum atomic E-state index is 11.9. The summed E-state index contributed by atoms with van der Waals surface area (Å²) in [5, 5.41) is 2.61. The molecule has 1 aromatic rings. The van der Waals surface area contributed by atoms with Crippen LogP contribution in [0.2, 0.25) is 0 Å². The number of carbonyl (C=O) groups excluding carboxylic acids is 1. The average molecular weight is 208 g/mol. The number of hydrogen-bond donors (Lipinski definition) is 1. The lowest BCUT2D eigenvalue weighted by molar-refractivity contribution is -0.129. The first-order valence-electron chi connectivity index (χ1n) is 6.48. The van der Waals surface area contributed by atoms with Gasteiger partial charge in [-0.2, -0.15) is 0 Å². The molecule has 1 atom stereocenters. The molecule has 0 aromatic heterocycles. The van der Waals surface area contributed by atoms with Crippen molar-refractivity contribution in [1.29, 1.82) is 0 Å². The minimum Gasteiger partial charge on any atom is -0.349 e. The summed E-state index contributed by atoms with van der Waals surface area (Å²) in [4.78, 5) is 11.9. The van der Waals surface area contributed by atoms with Gasteiger partial charge in [0.25, 0.3) is 0 Å². The van der Waals surface area contributed by atoms with Crippen LogP contribution in [0.4, 0.5) is 0 Å². The predicted octanol–water partition coefficient (Wildman–Crippen LogP) is 2.91. The number of hydrogen-bond acceptors (Lipinski definition) is 1. The lowest BCUT2D eigenvalue weighted by atomic mass is 9.95. The minimum absolute atomic E-state index is 0.271. The van der Waals surface area contributed by atoms with Crippen LogP contribution in [0.15, 0.2) is 30.3 Å². The first-order chi connectivity index (χ1) is 8.12. The SMILES string of the molecule is [2H]C([2H])([2H])[C@@H](NC(=O)C(C)(C)C)c1ccccc1. The third-order valence-electron chi connectivity index (χ3n) is 2.09. The second kappa shape index (κ2) is 4.47. The molecule has 0 aliphatic rings. The lowest BCUT2D eigenvalue weighted by Gasteiger charge is -2.22. The van der Waals surface area contributed by atoms with E-state index < -0.39 is 18.3 Å². The van der Waals surface area contributed by atoms with E-state index in [4.69, 9.17) is 4.11 Å². The van der Waals surface area contributed by atoms with E-state index in [0.717, 1.165) is 0 Å². The molecule has 82 valence electrons. The van der Waals surface area contributed by atoms with Crippen molar-refractivity contribution >= 4 is 5.91 Å². The molecule has 0 aliphatic carbocycles. The molecular formula is C13H19NO. The number of amides is 1. The van der Waals surface area contributed by atoms with E-state index >= 15 is 0 Å². The summed E-state index contributed by atoms with van der Waals surface area (Å²) < 4.78 is 22.6. The standard InChI is InChI=1S/C13H19NO/c1-10(11-8-6-5-7-9-11)14-12(15)13(2,3)4/h5-10H,1-4H3,(H,14,15)/t10-/m1/s1/i1D3. The Bertz CT molecular complexity index is 406. The van der Waals surface area contributed by atoms with Crippen LogP contribution in [0.5, 0.6) is 0 Å². The normalized spacial score (nSPS) is 17.1. The summed E-state index contributed by atoms with van der Waals surface area (Å²) in [5.41, 5.74) is -0.0201. The van der Waals surface area contributed by atoms with Gasteiger partial charge >= 0.3 is 0 Å². The average Bonchev–Trinajstić information content (AvgIpc) is 2.23. The number of nitrogens with one attached hydrogen (secondary N) is 1. The number of carbonyl (C=O) groups is 1. The number of rotatable bonds is 2. The summed E-state index contributed by atoms with van der Waals surface area (Å²) in [5.74, 6) is -0.271. The highest BCUT2D eigenvalue weighted by Gasteiger charge is 2.22. The van der Waals surface area contributed by atoms with Gasteiger partial charge in [0.1, 0.15) is 0 Å². The highest BCUT2D eigenvalue weighted by molar-refractivity contribution is 5.81. The molecule has 1 aromatic carbocycles. The van der Waals surface area contributed by atoms with Gasteiger partial charge in [-0.3, -0.25) is 4.79 Å². The third kappa shape index (κ3) is 3.39. The first-order valence-corrected chi connectivity index (χ1v) is 4.98. The van der Waals surface area contributed by atoms with E-state index in [-0.39, 0.29) is 5.91 Å². The Kier molecular flexibility index (Phi) is 2.36. The van der Waals surface area contributed by atoms with Gasteiger partial charge < -0.3 is 5.32 Å². The fourth-order valence-corrected chi connectivity index (χ4v) is 1.08. The van der Waals surface area contributed by atoms with E-state index in [9.17, 15) is 4.79 Å². The summed E-state index contributed by atoms with van der Waals surface area (Å²) in [6.45, 7) is 3.00. The summed E-state index contributed by atoms with van der Waals surface area (Å²) in [7, 11) is 0. The molecule has 0 heterocycles. The van der Waals surface area contributed by atoms with Crippen LogP contribution in [0, 0.1) is 5.41 Å². The maximum Gasteiger partial charge on any atom is 0.225 e. The molecule has 0 saturated carbocycles. The molecule has 0 fully saturated rings. The Balaban J connectivity index is 2.99. The van der Waals surface area contributed by atoms with Crippen molar-refractivity contribution in [2.24, 2.45) is 5.41 Å². The molecule has 2 nitrogen and oxygen atoms in total. The Morgan fingerprint density at radius 2 is 1.93 bits per heavy atom. The fourth-order valence-electron chi connectivity index (χ4n) is 1.08. The van der Waals surface area contributed by atoms with Gasteiger partial charge in [0.2, 0.25) is 5.91 Å². The summed E-state index contributed by atoms with van der Waals surface area (Å²) >= 11 is 0. The molecule has 0 radical (unpaired) electrons. The zero-order chi connectivity index (χ0) is 14.0. The minimum atomic E-state index is -2.26. The summed E-state index contributed by atoms with van der Waals surface area (Å²) in [6.07, 6.45) is 0. The second-order valence-electron chi connectivity index (χ2n) is 4.57. The summed E-state index contributed by atoms with van der Waals surface area (Å²) in [6, 6.07) is 7.78. The van der Waals surface area contributed by atoms with Crippen LogP contribution in [0.25, 0.3) is 0 Å². The van der Waals surface area contributed by atoms with Gasteiger partial charge in [0, 0.05) is 9.53 Å². The molecule has 0 unspecified atom stereocenters. The smallest absolute Gasteiger partial charge is 0.225 e. The van der Waals surface area contributed by atoms with Crippen molar-refractivity contribution in [3.05, 3.63) is 35.9 Å². The van der Waals surface area contributed by atoms with Crippen LogP contribution in [0.3, 0.4) is 0 Å². The molecule has 0 spiro atoms. The van der Waals surface area contributed by atoms with E-state index in [2.05, 4.69) is 5.32 Å². The van der Waals surface area contributed by atoms with Gasteiger partial charge in [-0.1, -0.05) is 51.1 Å². The van der Waals surface area contributed by atoms with Crippen LogP contribution < -0.4 is 5.32 Å². The molecule has 15 heavy (non-hydrogen) atoms. The van der Waals surface area contributed by atoms with Gasteiger partial charge in [-0.15, -0.1) is 0 Å². The van der Waals surface area contributed by atoms with E-state index in [1.54, 1.807) is 45.0 Å². The highest BCUT2D eigenvalue weighted by atomic mass is 16.2. The molecule has 1 rings (SSSR count). The molecule has 0 bridgehead atoms. The van der Waals surface area contributed by atoms with E-state index in [1.807, 2.05) is 6.07 Å². The molecule has 0 aliphatic heterocycles. The number of benzene rings is 1. The molecule has 2 heteroatoms. The Morgan fingerprint density at radius 3 is 2.40 bits per heavy atom. The quantitative estimate of drug-likeness (QED) is 0.795. The zero-order valence-electron chi connectivity index (χ0n) is 12.4. The molecule has 1 amide bonds. The Labute approximate surface area is 95.9 Å². The van der Waals surface area contributed by atoms with Crippen molar-refractivity contribution in [3.8, 4) is 0 Å². The topological polar surface area (TPSA) is 29.1 Å². The highest BCUT2D eigenvalue weighted by Crippen LogP contribution is 2.17. The maximum absolute atomic E-state index is 11.9. The third-order valence-corrected chi connectivity index (χ3v) is 2.09. The predicted molar refractivity (Wildman–Crippen MR) is 62.5 cm³/mol. The van der Waals surface area contributed by atoms with Crippen LogP contribution in [-0.4, -0.2) is 5.91 Å². The van der Waals surface area contributed by atoms with Crippen molar-refractivity contribution in [1.82, 2.24) is 5.32 Å². The van der Waals surface area contributed by atoms with Crippen LogP contribution in [0.1, 0.15) is 43.3 Å². The van der Waals surface area contributed by atoms with E-state index in [1.165, 1.54) is 0 Å². The van der Waals surface area contributed by atoms with Gasteiger partial charge in [-0.25, -0.2) is 0 Å². The lowest BCUT2D eigenvalue weighted by Crippen LogP contribution is -2.36. The van der Waals surface area contributed by atoms with Gasteiger partial charge in [-0.05, 0) is 12.4 Å². The van der Waals surface area contributed by atoms with Crippen LogP contribution in [-0.2, 0) is 4.79 Å². The Hall–Kier alpha value is -1.31. The second-order valence-corrected chi connectivity index (χ2v) is 4.57. The monoisotopic (exact) mass is 208 g/mol. The molecule has 1 N–H and O–H groups in total. The van der Waals surface area contributed by atoms with Crippen LogP contribution >= 0.6 is 0 Å². The van der Waals surface area contributed by atoms with Crippen molar-refractivity contribution in [2.75, 3.05) is 0 Å². The van der Waals surface area contributed by atoms with Gasteiger partial charge in [0.05, 0.1) is 6.04 Å². The largest absolute Gasteiger partial charge is 0.349 e. The van der Waals surface area contributed by atoms with Gasteiger partial charge in [0.15, 0.2) is 0 Å². The zero-order valence-corrected chi connectivity index (χ0v) is 9.37. The molecular weight excluding hydrogens is 186 g/mol. The fraction of sp³-hybridized carbons (Fsp3) is 0.462.